The zero-order valence-corrected chi connectivity index (χ0v) is 16.3. The number of nitrogens with zero attached hydrogens (tertiary/aromatic N) is 1. The number of amides is 4. The molecule has 0 bridgehead atoms. The number of halogens is 2. The number of benzene rings is 1. The molecule has 1 heterocycles. The van der Waals surface area contributed by atoms with Crippen LogP contribution >= 0.6 is 24.0 Å². The Bertz CT molecular complexity index is 639. The first-order chi connectivity index (χ1) is 11.9. The van der Waals surface area contributed by atoms with E-state index in [1.807, 2.05) is 13.8 Å². The molecular formula is C17H24Cl2N4O3. The Hall–Kier alpha value is -1.83. The van der Waals surface area contributed by atoms with Crippen LogP contribution in [0, 0.1) is 0 Å². The van der Waals surface area contributed by atoms with Crippen molar-refractivity contribution in [3.8, 4) is 0 Å². The second-order valence-electron chi connectivity index (χ2n) is 5.95. The number of carbonyl (C=O) groups excluding carboxylic acids is 3. The van der Waals surface area contributed by atoms with Crippen LogP contribution in [0.25, 0.3) is 0 Å². The maximum atomic E-state index is 12.4. The minimum Gasteiger partial charge on any atom is -0.355 e. The van der Waals surface area contributed by atoms with E-state index in [1.54, 1.807) is 24.3 Å². The monoisotopic (exact) mass is 402 g/mol. The number of nitrogens with one attached hydrogen (secondary N) is 3. The SMILES string of the molecule is CCN[C@H](C)CNC(=O)CCC1NC(=O)N(c2ccc(Cl)cc2)C1=O.Cl. The van der Waals surface area contributed by atoms with E-state index in [4.69, 9.17) is 11.6 Å². The Balaban J connectivity index is 0.00000338. The maximum Gasteiger partial charge on any atom is 0.329 e. The lowest BCUT2D eigenvalue weighted by Crippen LogP contribution is -2.39. The summed E-state index contributed by atoms with van der Waals surface area (Å²) in [6.45, 7) is 5.34. The van der Waals surface area contributed by atoms with Gasteiger partial charge in [0, 0.05) is 24.0 Å². The van der Waals surface area contributed by atoms with Crippen molar-refractivity contribution in [2.75, 3.05) is 18.0 Å². The Morgan fingerprint density at radius 1 is 1.31 bits per heavy atom. The molecule has 3 N–H and O–H groups in total. The topological polar surface area (TPSA) is 90.5 Å². The van der Waals surface area contributed by atoms with E-state index in [0.29, 0.717) is 17.3 Å². The van der Waals surface area contributed by atoms with E-state index < -0.39 is 12.1 Å². The van der Waals surface area contributed by atoms with Gasteiger partial charge in [0.25, 0.3) is 5.91 Å². The summed E-state index contributed by atoms with van der Waals surface area (Å²) < 4.78 is 0. The maximum absolute atomic E-state index is 12.4. The van der Waals surface area contributed by atoms with Crippen LogP contribution in [0.2, 0.25) is 5.02 Å². The van der Waals surface area contributed by atoms with E-state index in [-0.39, 0.29) is 43.1 Å². The van der Waals surface area contributed by atoms with E-state index in [1.165, 1.54) is 0 Å². The number of rotatable bonds is 8. The first-order valence-electron chi connectivity index (χ1n) is 8.32. The largest absolute Gasteiger partial charge is 0.355 e. The van der Waals surface area contributed by atoms with Crippen LogP contribution < -0.4 is 20.9 Å². The van der Waals surface area contributed by atoms with E-state index in [9.17, 15) is 14.4 Å². The summed E-state index contributed by atoms with van der Waals surface area (Å²) in [5, 5.41) is 9.15. The molecule has 26 heavy (non-hydrogen) atoms. The third kappa shape index (κ3) is 5.86. The van der Waals surface area contributed by atoms with Gasteiger partial charge in [0.15, 0.2) is 0 Å². The average Bonchev–Trinajstić information content (AvgIpc) is 2.86. The second kappa shape index (κ2) is 10.4. The first kappa shape index (κ1) is 22.2. The minimum atomic E-state index is -0.694. The van der Waals surface area contributed by atoms with Gasteiger partial charge in [0.2, 0.25) is 5.91 Å². The van der Waals surface area contributed by atoms with Gasteiger partial charge in [-0.05, 0) is 44.2 Å². The lowest BCUT2D eigenvalue weighted by atomic mass is 10.1. The van der Waals surface area contributed by atoms with Crippen molar-refractivity contribution in [2.24, 2.45) is 0 Å². The molecule has 0 aromatic heterocycles. The number of carbonyl (C=O) groups is 3. The van der Waals surface area contributed by atoms with Gasteiger partial charge in [-0.25, -0.2) is 9.69 Å². The number of imide groups is 1. The van der Waals surface area contributed by atoms with Gasteiger partial charge in [-0.15, -0.1) is 12.4 Å². The van der Waals surface area contributed by atoms with Gasteiger partial charge in [-0.1, -0.05) is 18.5 Å². The molecule has 2 atom stereocenters. The summed E-state index contributed by atoms with van der Waals surface area (Å²) in [7, 11) is 0. The van der Waals surface area contributed by atoms with Crippen molar-refractivity contribution in [3.63, 3.8) is 0 Å². The highest BCUT2D eigenvalue weighted by Gasteiger charge is 2.38. The Kier molecular flexibility index (Phi) is 8.84. The molecule has 7 nitrogen and oxygen atoms in total. The van der Waals surface area contributed by atoms with Crippen LogP contribution in [0.3, 0.4) is 0 Å². The zero-order valence-electron chi connectivity index (χ0n) is 14.8. The Morgan fingerprint density at radius 2 is 1.96 bits per heavy atom. The van der Waals surface area contributed by atoms with Crippen LogP contribution in [-0.2, 0) is 9.59 Å². The fraction of sp³-hybridized carbons (Fsp3) is 0.471. The fourth-order valence-electron chi connectivity index (χ4n) is 2.61. The summed E-state index contributed by atoms with van der Waals surface area (Å²) in [6.07, 6.45) is 0.431. The zero-order chi connectivity index (χ0) is 18.4. The predicted molar refractivity (Wildman–Crippen MR) is 104 cm³/mol. The molecule has 2 rings (SSSR count). The summed E-state index contributed by atoms with van der Waals surface area (Å²) in [5.41, 5.74) is 0.457. The van der Waals surface area contributed by atoms with Crippen LogP contribution in [0.15, 0.2) is 24.3 Å². The van der Waals surface area contributed by atoms with Crippen LogP contribution in [0.4, 0.5) is 10.5 Å². The molecule has 1 aromatic carbocycles. The highest BCUT2D eigenvalue weighted by Crippen LogP contribution is 2.23. The third-order valence-electron chi connectivity index (χ3n) is 3.92. The quantitative estimate of drug-likeness (QED) is 0.580. The van der Waals surface area contributed by atoms with Crippen molar-refractivity contribution in [3.05, 3.63) is 29.3 Å². The highest BCUT2D eigenvalue weighted by molar-refractivity contribution is 6.30. The van der Waals surface area contributed by atoms with Crippen LogP contribution in [-0.4, -0.2) is 43.0 Å². The van der Waals surface area contributed by atoms with Gasteiger partial charge >= 0.3 is 6.03 Å². The molecule has 4 amide bonds. The number of likely N-dealkylation sites (N-methyl/N-ethyl adjacent to an activating group) is 1. The first-order valence-corrected chi connectivity index (χ1v) is 8.70. The molecule has 1 fully saturated rings. The summed E-state index contributed by atoms with van der Waals surface area (Å²) in [5.74, 6) is -0.502. The van der Waals surface area contributed by atoms with Crippen molar-refractivity contribution in [2.45, 2.75) is 38.8 Å². The highest BCUT2D eigenvalue weighted by atomic mass is 35.5. The second-order valence-corrected chi connectivity index (χ2v) is 6.39. The van der Waals surface area contributed by atoms with Crippen molar-refractivity contribution < 1.29 is 14.4 Å². The lowest BCUT2D eigenvalue weighted by molar-refractivity contribution is -0.121. The number of anilines is 1. The van der Waals surface area contributed by atoms with E-state index in [0.717, 1.165) is 11.4 Å². The molecule has 0 aliphatic carbocycles. The molecule has 9 heteroatoms. The predicted octanol–water partition coefficient (Wildman–Crippen LogP) is 2.08. The molecule has 1 saturated heterocycles. The van der Waals surface area contributed by atoms with E-state index in [2.05, 4.69) is 16.0 Å². The van der Waals surface area contributed by atoms with E-state index >= 15 is 0 Å². The lowest BCUT2D eigenvalue weighted by Gasteiger charge is -2.14. The third-order valence-corrected chi connectivity index (χ3v) is 4.17. The smallest absolute Gasteiger partial charge is 0.329 e. The Labute approximate surface area is 164 Å². The summed E-state index contributed by atoms with van der Waals surface area (Å²) in [6, 6.07) is 5.45. The standard InChI is InChI=1S/C17H23ClN4O3.ClH/c1-3-19-11(2)10-20-15(23)9-8-14-16(24)22(17(25)21-14)13-6-4-12(18)5-7-13;/h4-7,11,14,19H,3,8-10H2,1-2H3,(H,20,23)(H,21,25);1H/t11-,14?;/m1./s1. The number of urea groups is 1. The molecular weight excluding hydrogens is 379 g/mol. The normalized spacial score (nSPS) is 17.5. The molecule has 1 aliphatic rings. The Morgan fingerprint density at radius 3 is 2.58 bits per heavy atom. The van der Waals surface area contributed by atoms with Crippen molar-refractivity contribution >= 4 is 47.5 Å². The average molecular weight is 403 g/mol. The molecule has 144 valence electrons. The summed E-state index contributed by atoms with van der Waals surface area (Å²) >= 11 is 5.82. The van der Waals surface area contributed by atoms with Gasteiger partial charge in [0.05, 0.1) is 5.69 Å². The molecule has 1 unspecified atom stereocenters. The number of hydrogen-bond acceptors (Lipinski definition) is 4. The van der Waals surface area contributed by atoms with Gasteiger partial charge in [0.1, 0.15) is 6.04 Å². The van der Waals surface area contributed by atoms with Gasteiger partial charge in [-0.2, -0.15) is 0 Å². The molecule has 0 spiro atoms. The van der Waals surface area contributed by atoms with Gasteiger partial charge in [-0.3, -0.25) is 9.59 Å². The molecule has 1 aromatic rings. The van der Waals surface area contributed by atoms with Crippen LogP contribution in [0.5, 0.6) is 0 Å². The molecule has 0 radical (unpaired) electrons. The van der Waals surface area contributed by atoms with Gasteiger partial charge < -0.3 is 16.0 Å². The number of hydrogen-bond donors (Lipinski definition) is 3. The molecule has 0 saturated carbocycles. The van der Waals surface area contributed by atoms with Crippen molar-refractivity contribution in [1.82, 2.24) is 16.0 Å². The molecule has 1 aliphatic heterocycles. The minimum absolute atomic E-state index is 0. The summed E-state index contributed by atoms with van der Waals surface area (Å²) in [4.78, 5) is 37.5. The fourth-order valence-corrected chi connectivity index (χ4v) is 2.74. The van der Waals surface area contributed by atoms with Crippen LogP contribution in [0.1, 0.15) is 26.7 Å². The van der Waals surface area contributed by atoms with Crippen molar-refractivity contribution in [1.29, 1.82) is 0 Å².